The SMILES string of the molecule is CN(C)C1C=CC(S(N)(=O)=O)=C/C1=C(S)\N=N\c1ccc(O)c(Cl)c1. The summed E-state index contributed by atoms with van der Waals surface area (Å²) in [4.78, 5) is 1.83. The van der Waals surface area contributed by atoms with E-state index in [4.69, 9.17) is 16.7 Å². The van der Waals surface area contributed by atoms with Gasteiger partial charge in [-0.3, -0.25) is 4.90 Å². The molecule has 7 nitrogen and oxygen atoms in total. The van der Waals surface area contributed by atoms with Gasteiger partial charge in [0, 0.05) is 5.57 Å². The highest BCUT2D eigenvalue weighted by molar-refractivity contribution is 7.93. The molecule has 1 atom stereocenters. The highest BCUT2D eigenvalue weighted by atomic mass is 35.5. The Morgan fingerprint density at radius 3 is 2.64 bits per heavy atom. The van der Waals surface area contributed by atoms with Crippen LogP contribution < -0.4 is 5.14 Å². The topological polar surface area (TPSA) is 108 Å². The molecule has 0 fully saturated rings. The minimum Gasteiger partial charge on any atom is -0.506 e. The van der Waals surface area contributed by atoms with Crippen molar-refractivity contribution in [3.8, 4) is 5.75 Å². The molecule has 0 bridgehead atoms. The number of halogens is 1. The maximum absolute atomic E-state index is 11.6. The van der Waals surface area contributed by atoms with E-state index in [1.54, 1.807) is 6.08 Å². The van der Waals surface area contributed by atoms with Crippen molar-refractivity contribution in [1.82, 2.24) is 4.90 Å². The predicted octanol–water partition coefficient (Wildman–Crippen LogP) is 2.94. The van der Waals surface area contributed by atoms with Crippen LogP contribution in [0.2, 0.25) is 5.02 Å². The van der Waals surface area contributed by atoms with E-state index in [-0.39, 0.29) is 26.7 Å². The highest BCUT2D eigenvalue weighted by Crippen LogP contribution is 2.30. The first kappa shape index (κ1) is 19.7. The number of hydrogen-bond donors (Lipinski definition) is 3. The summed E-state index contributed by atoms with van der Waals surface area (Å²) in [6.45, 7) is 0. The number of phenolic OH excluding ortho intramolecular Hbond substituents is 1. The number of aromatic hydroxyl groups is 1. The van der Waals surface area contributed by atoms with Crippen molar-refractivity contribution in [2.75, 3.05) is 14.1 Å². The Balaban J connectivity index is 2.44. The van der Waals surface area contributed by atoms with Crippen LogP contribution in [0.3, 0.4) is 0 Å². The van der Waals surface area contributed by atoms with Crippen molar-refractivity contribution in [3.05, 3.63) is 57.0 Å². The van der Waals surface area contributed by atoms with Crippen molar-refractivity contribution < 1.29 is 13.5 Å². The molecule has 0 amide bonds. The molecule has 0 aliphatic heterocycles. The van der Waals surface area contributed by atoms with Crippen LogP contribution in [-0.4, -0.2) is 38.6 Å². The normalized spacial score (nSPS) is 20.2. The zero-order valence-corrected chi connectivity index (χ0v) is 15.9. The second-order valence-electron chi connectivity index (χ2n) is 5.47. The van der Waals surface area contributed by atoms with Gasteiger partial charge in [0.05, 0.1) is 21.7 Å². The molecule has 0 spiro atoms. The van der Waals surface area contributed by atoms with Crippen molar-refractivity contribution in [3.63, 3.8) is 0 Å². The van der Waals surface area contributed by atoms with Crippen LogP contribution in [0.15, 0.2) is 62.2 Å². The van der Waals surface area contributed by atoms with Crippen molar-refractivity contribution >= 4 is 39.9 Å². The molecule has 1 unspecified atom stereocenters. The molecule has 25 heavy (non-hydrogen) atoms. The number of phenols is 1. The van der Waals surface area contributed by atoms with E-state index in [0.29, 0.717) is 11.3 Å². The lowest BCUT2D eigenvalue weighted by Crippen LogP contribution is -2.30. The molecular weight excluding hydrogens is 384 g/mol. The molecule has 3 N–H and O–H groups in total. The first-order chi connectivity index (χ1) is 11.6. The Kier molecular flexibility index (Phi) is 6.07. The Labute approximate surface area is 156 Å². The lowest BCUT2D eigenvalue weighted by Gasteiger charge is -2.25. The molecule has 0 heterocycles. The van der Waals surface area contributed by atoms with E-state index in [0.717, 1.165) is 0 Å². The number of likely N-dealkylation sites (N-methyl/N-ethyl adjacent to an activating group) is 1. The second kappa shape index (κ2) is 7.71. The Morgan fingerprint density at radius 1 is 1.40 bits per heavy atom. The lowest BCUT2D eigenvalue weighted by atomic mass is 10.0. The summed E-state index contributed by atoms with van der Waals surface area (Å²) in [5.41, 5.74) is 0.951. The molecule has 10 heteroatoms. The molecule has 1 aromatic rings. The summed E-state index contributed by atoms with van der Waals surface area (Å²) < 4.78 is 23.2. The number of primary sulfonamides is 1. The number of thiol groups is 1. The van der Waals surface area contributed by atoms with E-state index in [2.05, 4.69) is 22.9 Å². The molecule has 0 saturated carbocycles. The maximum atomic E-state index is 11.6. The fourth-order valence-electron chi connectivity index (χ4n) is 2.12. The number of rotatable bonds is 4. The first-order valence-corrected chi connectivity index (χ1v) is 9.39. The third kappa shape index (κ3) is 4.93. The number of benzene rings is 1. The van der Waals surface area contributed by atoms with E-state index >= 15 is 0 Å². The standard InChI is InChI=1S/C15H17ClN4O3S2/c1-20(2)13-5-4-10(25(17,22)23)8-11(13)15(24)19-18-9-3-6-14(21)12(16)7-9/h3-8,13,21,24H,1-2H3,(H2,17,22,23)/b15-11-,19-18+. The van der Waals surface area contributed by atoms with Crippen LogP contribution in [0.5, 0.6) is 5.75 Å². The lowest BCUT2D eigenvalue weighted by molar-refractivity contribution is 0.380. The van der Waals surface area contributed by atoms with Crippen LogP contribution in [0.25, 0.3) is 0 Å². The van der Waals surface area contributed by atoms with Gasteiger partial charge in [-0.25, -0.2) is 13.6 Å². The van der Waals surface area contributed by atoms with Crippen LogP contribution >= 0.6 is 24.2 Å². The number of nitrogens with two attached hydrogens (primary N) is 1. The minimum absolute atomic E-state index is 0.0324. The van der Waals surface area contributed by atoms with Gasteiger partial charge in [0.25, 0.3) is 0 Å². The van der Waals surface area contributed by atoms with Gasteiger partial charge in [0.1, 0.15) is 10.8 Å². The summed E-state index contributed by atoms with van der Waals surface area (Å²) in [5, 5.41) is 23.0. The zero-order valence-electron chi connectivity index (χ0n) is 13.5. The summed E-state index contributed by atoms with van der Waals surface area (Å²) in [6.07, 6.45) is 4.56. The predicted molar refractivity (Wildman–Crippen MR) is 101 cm³/mol. The summed E-state index contributed by atoms with van der Waals surface area (Å²) in [6, 6.07) is 4.14. The van der Waals surface area contributed by atoms with Gasteiger partial charge in [-0.2, -0.15) is 0 Å². The van der Waals surface area contributed by atoms with Crippen molar-refractivity contribution in [1.29, 1.82) is 0 Å². The van der Waals surface area contributed by atoms with Gasteiger partial charge in [-0.15, -0.1) is 22.9 Å². The van der Waals surface area contributed by atoms with Crippen molar-refractivity contribution in [2.45, 2.75) is 6.04 Å². The fourth-order valence-corrected chi connectivity index (χ4v) is 3.10. The van der Waals surface area contributed by atoms with Gasteiger partial charge in [0.15, 0.2) is 0 Å². The summed E-state index contributed by atoms with van der Waals surface area (Å²) in [7, 11) is -0.177. The Hall–Kier alpha value is -1.65. The Bertz CT molecular complexity index is 905. The zero-order chi connectivity index (χ0) is 18.8. The summed E-state index contributed by atoms with van der Waals surface area (Å²) in [5.74, 6) is -0.0594. The molecule has 1 aliphatic rings. The minimum atomic E-state index is -3.85. The van der Waals surface area contributed by atoms with Crippen LogP contribution in [0.4, 0.5) is 5.69 Å². The highest BCUT2D eigenvalue weighted by Gasteiger charge is 2.23. The van der Waals surface area contributed by atoms with Crippen LogP contribution in [0, 0.1) is 0 Å². The third-order valence-electron chi connectivity index (χ3n) is 3.39. The molecule has 0 radical (unpaired) electrons. The first-order valence-electron chi connectivity index (χ1n) is 7.02. The van der Waals surface area contributed by atoms with E-state index in [9.17, 15) is 13.5 Å². The second-order valence-corrected chi connectivity index (χ2v) is 7.87. The average Bonchev–Trinajstić information content (AvgIpc) is 2.54. The molecule has 0 saturated heterocycles. The molecule has 134 valence electrons. The number of azo groups is 1. The third-order valence-corrected chi connectivity index (χ3v) is 4.96. The number of sulfonamides is 1. The van der Waals surface area contributed by atoms with Crippen LogP contribution in [0.1, 0.15) is 0 Å². The van der Waals surface area contributed by atoms with Gasteiger partial charge < -0.3 is 5.11 Å². The van der Waals surface area contributed by atoms with E-state index in [1.807, 2.05) is 19.0 Å². The quantitative estimate of drug-likeness (QED) is 0.533. The van der Waals surface area contributed by atoms with E-state index in [1.165, 1.54) is 30.4 Å². The molecule has 0 aromatic heterocycles. The monoisotopic (exact) mass is 400 g/mol. The summed E-state index contributed by atoms with van der Waals surface area (Å²) >= 11 is 10.2. The van der Waals surface area contributed by atoms with E-state index < -0.39 is 10.0 Å². The fraction of sp³-hybridized carbons (Fsp3) is 0.200. The van der Waals surface area contributed by atoms with Gasteiger partial charge in [0.2, 0.25) is 10.0 Å². The molecule has 2 rings (SSSR count). The number of hydrogen-bond acceptors (Lipinski definition) is 7. The average molecular weight is 401 g/mol. The molecular formula is C15H17ClN4O3S2. The van der Waals surface area contributed by atoms with Gasteiger partial charge in [-0.1, -0.05) is 17.7 Å². The maximum Gasteiger partial charge on any atom is 0.238 e. The van der Waals surface area contributed by atoms with Gasteiger partial charge in [-0.05, 0) is 44.4 Å². The smallest absolute Gasteiger partial charge is 0.238 e. The van der Waals surface area contributed by atoms with Crippen molar-refractivity contribution in [2.24, 2.45) is 15.4 Å². The molecule has 1 aromatic carbocycles. The number of nitrogens with zero attached hydrogens (tertiary/aromatic N) is 3. The largest absolute Gasteiger partial charge is 0.506 e. The van der Waals surface area contributed by atoms with Gasteiger partial charge >= 0.3 is 0 Å². The molecule has 1 aliphatic carbocycles. The Morgan fingerprint density at radius 2 is 2.08 bits per heavy atom. The number of allylic oxidation sites excluding steroid dienone is 1. The van der Waals surface area contributed by atoms with Crippen LogP contribution in [-0.2, 0) is 10.0 Å².